The molecule has 2 heterocycles. The van der Waals surface area contributed by atoms with Crippen molar-refractivity contribution in [2.45, 2.75) is 92.9 Å². The van der Waals surface area contributed by atoms with E-state index in [0.717, 1.165) is 16.7 Å². The summed E-state index contributed by atoms with van der Waals surface area (Å²) in [5.41, 5.74) is 8.86. The van der Waals surface area contributed by atoms with Gasteiger partial charge in [0.05, 0.1) is 23.3 Å². The molecule has 0 atom stereocenters. The Hall–Kier alpha value is -3.44. The Bertz CT molecular complexity index is 1790. The molecule has 1 aliphatic heterocycles. The number of amides is 1. The summed E-state index contributed by atoms with van der Waals surface area (Å²) in [4.78, 5) is 20.2. The molecule has 0 bridgehead atoms. The summed E-state index contributed by atoms with van der Waals surface area (Å²) < 4.78 is 2.23. The van der Waals surface area contributed by atoms with Crippen LogP contribution in [0.15, 0.2) is 84.9 Å². The van der Waals surface area contributed by atoms with Gasteiger partial charge >= 0.3 is 0 Å². The Morgan fingerprint density at radius 2 is 1.04 bits per heavy atom. The van der Waals surface area contributed by atoms with Gasteiger partial charge in [0.2, 0.25) is 12.2 Å². The Morgan fingerprint density at radius 3 is 1.47 bits per heavy atom. The Kier molecular flexibility index (Phi) is 11.4. The van der Waals surface area contributed by atoms with Gasteiger partial charge in [-0.3, -0.25) is 4.90 Å². The topological polar surface area (TPSA) is 37.4 Å². The van der Waals surface area contributed by atoms with Crippen molar-refractivity contribution >= 4 is 45.4 Å². The number of hydrogen-bond acceptors (Lipinski definition) is 1. The number of nitrogens with zero attached hydrogens (tertiary/aromatic N) is 3. The van der Waals surface area contributed by atoms with Crippen LogP contribution in [0, 0.1) is 5.41 Å². The van der Waals surface area contributed by atoms with Crippen molar-refractivity contribution in [3.8, 4) is 0 Å². The first-order valence-electron chi connectivity index (χ1n) is 16.9. The molecule has 5 heteroatoms. The van der Waals surface area contributed by atoms with Crippen LogP contribution in [0.3, 0.4) is 0 Å². The van der Waals surface area contributed by atoms with Gasteiger partial charge in [-0.1, -0.05) is 154 Å². The predicted molar refractivity (Wildman–Crippen MR) is 195 cm³/mol. The van der Waals surface area contributed by atoms with E-state index >= 15 is 0 Å². The van der Waals surface area contributed by atoms with Crippen LogP contribution < -0.4 is 9.88 Å². The van der Waals surface area contributed by atoms with Crippen molar-refractivity contribution in [2.75, 3.05) is 11.4 Å². The SMILES string of the molecule is CC(C)c1cccc(C(C)C)c1N1[C-]=[N+](c2c(C(C)C)cccc2C(C)C)CC(C)(C)C1=O.[Ag].c1ccc2c(c1)[n-]c1ccccc12. The second-order valence-electron chi connectivity index (χ2n) is 14.5. The Labute approximate surface area is 297 Å². The molecular formula is C42H50AgN3O-. The average molecular weight is 721 g/mol. The monoisotopic (exact) mass is 719 g/mol. The zero-order valence-corrected chi connectivity index (χ0v) is 31.1. The van der Waals surface area contributed by atoms with E-state index in [2.05, 4.69) is 158 Å². The molecule has 5 aromatic rings. The zero-order valence-electron chi connectivity index (χ0n) is 29.7. The van der Waals surface area contributed by atoms with Gasteiger partial charge in [0.1, 0.15) is 0 Å². The van der Waals surface area contributed by atoms with Gasteiger partial charge in [0.15, 0.2) is 0 Å². The molecule has 1 amide bonds. The summed E-state index contributed by atoms with van der Waals surface area (Å²) in [6.45, 7) is 22.5. The number of hydrogen-bond donors (Lipinski definition) is 0. The molecule has 0 saturated heterocycles. The average Bonchev–Trinajstić information content (AvgIpc) is 3.40. The van der Waals surface area contributed by atoms with E-state index in [1.165, 1.54) is 38.7 Å². The fourth-order valence-electron chi connectivity index (χ4n) is 6.57. The van der Waals surface area contributed by atoms with E-state index in [4.69, 9.17) is 0 Å². The fraction of sp³-hybridized carbons (Fsp3) is 0.381. The van der Waals surface area contributed by atoms with E-state index in [-0.39, 0.29) is 28.3 Å². The largest absolute Gasteiger partial charge is 0.657 e. The van der Waals surface area contributed by atoms with E-state index in [1.807, 2.05) is 17.0 Å². The fourth-order valence-corrected chi connectivity index (χ4v) is 6.57. The molecule has 1 radical (unpaired) electrons. The summed E-state index contributed by atoms with van der Waals surface area (Å²) in [5, 5.41) is 2.50. The Morgan fingerprint density at radius 1 is 0.638 bits per heavy atom. The molecule has 0 N–H and O–H groups in total. The first-order valence-corrected chi connectivity index (χ1v) is 16.9. The second kappa shape index (κ2) is 14.8. The van der Waals surface area contributed by atoms with E-state index in [9.17, 15) is 4.79 Å². The summed E-state index contributed by atoms with van der Waals surface area (Å²) in [5.74, 6) is 1.48. The predicted octanol–water partition coefficient (Wildman–Crippen LogP) is 10.8. The van der Waals surface area contributed by atoms with Gasteiger partial charge in [0.25, 0.3) is 0 Å². The number of para-hydroxylation sites is 4. The molecule has 47 heavy (non-hydrogen) atoms. The standard InChI is InChI=1S/C30H42N2O.C12H8N.Ag/c1-19(2)23-13-11-14-24(20(3)4)27(23)31-17-30(9,10)29(33)32(18-31)28-25(21(5)6)15-12-16-26(28)22(7)8;1-3-7-11-9(5-1)10-6-2-4-8-12(10)13-11;/h11-16,19-22H,17H2,1-10H3;1-8H;/q;-1;. The molecule has 0 saturated carbocycles. The first kappa shape index (κ1) is 36.4. The number of carbonyl (C=O) groups excluding carboxylic acids is 1. The maximum absolute atomic E-state index is 13.8. The van der Waals surface area contributed by atoms with Gasteiger partial charge in [-0.15, -0.1) is 11.0 Å². The number of fused-ring (bicyclic) bond motifs is 3. The van der Waals surface area contributed by atoms with Crippen molar-refractivity contribution in [1.29, 1.82) is 0 Å². The van der Waals surface area contributed by atoms with E-state index in [0.29, 0.717) is 30.2 Å². The molecule has 6 rings (SSSR count). The van der Waals surface area contributed by atoms with Crippen LogP contribution in [0.4, 0.5) is 11.4 Å². The molecule has 0 unspecified atom stereocenters. The van der Waals surface area contributed by atoms with Crippen molar-refractivity contribution in [1.82, 2.24) is 4.98 Å². The second-order valence-corrected chi connectivity index (χ2v) is 14.5. The molecule has 1 aromatic heterocycles. The molecule has 0 aliphatic carbocycles. The summed E-state index contributed by atoms with van der Waals surface area (Å²) in [7, 11) is 0. The summed E-state index contributed by atoms with van der Waals surface area (Å²) in [6.07, 6.45) is 3.59. The van der Waals surface area contributed by atoms with Crippen LogP contribution in [0.5, 0.6) is 0 Å². The van der Waals surface area contributed by atoms with Crippen LogP contribution in [-0.4, -0.2) is 23.4 Å². The number of rotatable bonds is 6. The third-order valence-electron chi connectivity index (χ3n) is 9.07. The molecule has 251 valence electrons. The van der Waals surface area contributed by atoms with Gasteiger partial charge in [-0.25, -0.2) is 0 Å². The zero-order chi connectivity index (χ0) is 33.3. The third kappa shape index (κ3) is 7.36. The van der Waals surface area contributed by atoms with Crippen molar-refractivity contribution < 1.29 is 31.8 Å². The smallest absolute Gasteiger partial charge is 0.247 e. The van der Waals surface area contributed by atoms with Gasteiger partial charge < -0.3 is 14.4 Å². The minimum Gasteiger partial charge on any atom is -0.657 e. The summed E-state index contributed by atoms with van der Waals surface area (Å²) >= 11 is 0. The van der Waals surface area contributed by atoms with Gasteiger partial charge in [-0.2, -0.15) is 0 Å². The quantitative estimate of drug-likeness (QED) is 0.0995. The number of benzene rings is 4. The van der Waals surface area contributed by atoms with Crippen molar-refractivity contribution in [3.63, 3.8) is 0 Å². The van der Waals surface area contributed by atoms with Gasteiger partial charge in [0, 0.05) is 22.4 Å². The molecule has 1 aliphatic rings. The first-order chi connectivity index (χ1) is 21.8. The van der Waals surface area contributed by atoms with Crippen LogP contribution in [0.25, 0.3) is 21.8 Å². The minimum atomic E-state index is -0.540. The minimum absolute atomic E-state index is 0. The Balaban J connectivity index is 0.000000294. The number of carbonyl (C=O) groups is 1. The number of anilines is 1. The van der Waals surface area contributed by atoms with Gasteiger partial charge in [-0.05, 0) is 56.7 Å². The molecule has 4 nitrogen and oxygen atoms in total. The normalized spacial score (nSPS) is 14.6. The summed E-state index contributed by atoms with van der Waals surface area (Å²) in [6, 6.07) is 29.5. The maximum Gasteiger partial charge on any atom is 0.247 e. The van der Waals surface area contributed by atoms with Crippen molar-refractivity contribution in [3.05, 3.63) is 107 Å². The molecular weight excluding hydrogens is 670 g/mol. The van der Waals surface area contributed by atoms with Crippen LogP contribution in [-0.2, 0) is 27.2 Å². The van der Waals surface area contributed by atoms with Crippen LogP contribution in [0.1, 0.15) is 115 Å². The van der Waals surface area contributed by atoms with Crippen LogP contribution >= 0.6 is 0 Å². The molecule has 0 spiro atoms. The molecule has 4 aromatic carbocycles. The van der Waals surface area contributed by atoms with Crippen LogP contribution in [0.2, 0.25) is 0 Å². The van der Waals surface area contributed by atoms with Crippen molar-refractivity contribution in [2.24, 2.45) is 5.41 Å². The maximum atomic E-state index is 13.8. The molecule has 0 fully saturated rings. The third-order valence-corrected chi connectivity index (χ3v) is 9.07. The number of aromatic nitrogens is 1. The van der Waals surface area contributed by atoms with E-state index in [1.54, 1.807) is 0 Å². The van der Waals surface area contributed by atoms with E-state index < -0.39 is 5.41 Å².